The number of hydrogen-bond donors (Lipinski definition) is 1. The van der Waals surface area contributed by atoms with Crippen LogP contribution in [0.2, 0.25) is 5.02 Å². The molecule has 0 saturated heterocycles. The molecule has 0 aliphatic heterocycles. The summed E-state index contributed by atoms with van der Waals surface area (Å²) in [7, 11) is 1.27. The summed E-state index contributed by atoms with van der Waals surface area (Å²) in [6, 6.07) is 13.1. The second kappa shape index (κ2) is 11.4. The van der Waals surface area contributed by atoms with E-state index in [4.69, 9.17) is 21.1 Å². The quantitative estimate of drug-likeness (QED) is 0.284. The van der Waals surface area contributed by atoms with Crippen LogP contribution in [0.1, 0.15) is 12.5 Å². The van der Waals surface area contributed by atoms with Crippen LogP contribution in [0.25, 0.3) is 0 Å². The van der Waals surface area contributed by atoms with Gasteiger partial charge in [-0.05, 0) is 55.0 Å². The first-order valence-corrected chi connectivity index (χ1v) is 9.63. The highest BCUT2D eigenvalue weighted by molar-refractivity contribution is 7.99. The number of hydrazone groups is 1. The third-order valence-electron chi connectivity index (χ3n) is 3.25. The molecule has 0 bridgehead atoms. The van der Waals surface area contributed by atoms with Crippen LogP contribution in [0.15, 0.2) is 52.5 Å². The van der Waals surface area contributed by atoms with E-state index < -0.39 is 6.09 Å². The maximum atomic E-state index is 11.0. The average Bonchev–Trinajstić information content (AvgIpc) is 2.68. The minimum Gasteiger partial charge on any atom is -0.490 e. The molecule has 0 heterocycles. The molecule has 27 heavy (non-hydrogen) atoms. The lowest BCUT2D eigenvalue weighted by Gasteiger charge is -2.12. The summed E-state index contributed by atoms with van der Waals surface area (Å²) in [5.41, 5.74) is 2.99. The van der Waals surface area contributed by atoms with E-state index in [-0.39, 0.29) is 0 Å². The predicted octanol–water partition coefficient (Wildman–Crippen LogP) is 4.60. The largest absolute Gasteiger partial charge is 0.490 e. The monoisotopic (exact) mass is 408 g/mol. The van der Waals surface area contributed by atoms with E-state index >= 15 is 0 Å². The number of thioether (sulfide) groups is 1. The van der Waals surface area contributed by atoms with Gasteiger partial charge in [-0.3, -0.25) is 0 Å². The van der Waals surface area contributed by atoms with Crippen molar-refractivity contribution in [1.82, 2.24) is 5.43 Å². The van der Waals surface area contributed by atoms with Gasteiger partial charge in [-0.25, -0.2) is 10.2 Å². The minimum atomic E-state index is -0.630. The molecule has 6 nitrogen and oxygen atoms in total. The number of halogens is 1. The molecule has 2 aromatic carbocycles. The lowest BCUT2D eigenvalue weighted by molar-refractivity contribution is 0.171. The number of nitrogens with zero attached hydrogens (tertiary/aromatic N) is 1. The van der Waals surface area contributed by atoms with Crippen LogP contribution in [0, 0.1) is 0 Å². The summed E-state index contributed by atoms with van der Waals surface area (Å²) >= 11 is 7.57. The second-order valence-electron chi connectivity index (χ2n) is 5.15. The van der Waals surface area contributed by atoms with Gasteiger partial charge >= 0.3 is 6.09 Å². The van der Waals surface area contributed by atoms with Crippen molar-refractivity contribution in [1.29, 1.82) is 0 Å². The van der Waals surface area contributed by atoms with Crippen molar-refractivity contribution in [2.24, 2.45) is 5.10 Å². The Bertz CT molecular complexity index is 769. The number of nitrogens with one attached hydrogen (secondary N) is 1. The zero-order chi connectivity index (χ0) is 19.5. The zero-order valence-electron chi connectivity index (χ0n) is 15.1. The molecule has 1 amide bonds. The molecule has 8 heteroatoms. The Labute approximate surface area is 167 Å². The minimum absolute atomic E-state index is 0.511. The topological polar surface area (TPSA) is 69.2 Å². The molecule has 0 atom stereocenters. The van der Waals surface area contributed by atoms with Crippen LogP contribution in [0.3, 0.4) is 0 Å². The van der Waals surface area contributed by atoms with Crippen LogP contribution < -0.4 is 14.9 Å². The van der Waals surface area contributed by atoms with Crippen LogP contribution in [-0.4, -0.2) is 38.4 Å². The third-order valence-corrected chi connectivity index (χ3v) is 4.47. The van der Waals surface area contributed by atoms with E-state index in [1.165, 1.54) is 13.3 Å². The lowest BCUT2D eigenvalue weighted by Crippen LogP contribution is -2.16. The molecule has 0 fully saturated rings. The number of hydrogen-bond acceptors (Lipinski definition) is 6. The molecule has 0 aromatic heterocycles. The highest BCUT2D eigenvalue weighted by atomic mass is 35.5. The van der Waals surface area contributed by atoms with Gasteiger partial charge in [0.1, 0.15) is 0 Å². The van der Waals surface area contributed by atoms with Gasteiger partial charge in [0.25, 0.3) is 0 Å². The highest BCUT2D eigenvalue weighted by Gasteiger charge is 2.06. The van der Waals surface area contributed by atoms with Crippen molar-refractivity contribution >= 4 is 35.7 Å². The van der Waals surface area contributed by atoms with Gasteiger partial charge in [0.15, 0.2) is 11.5 Å². The van der Waals surface area contributed by atoms with Crippen LogP contribution in [0.4, 0.5) is 4.79 Å². The number of carbonyl (C=O) groups is 1. The molecule has 0 aliphatic rings. The maximum absolute atomic E-state index is 11.0. The van der Waals surface area contributed by atoms with Gasteiger partial charge < -0.3 is 14.2 Å². The molecule has 2 aromatic rings. The van der Waals surface area contributed by atoms with E-state index in [1.54, 1.807) is 17.8 Å². The third kappa shape index (κ3) is 7.40. The van der Waals surface area contributed by atoms with Crippen molar-refractivity contribution in [3.63, 3.8) is 0 Å². The first kappa shape index (κ1) is 20.9. The fourth-order valence-electron chi connectivity index (χ4n) is 2.04. The standard InChI is InChI=1S/C19H21ClN2O4S/c1-3-25-18-12-14(13-21-22-19(23)24-2)4-9-17(18)26-10-11-27-16-7-5-15(20)6-8-16/h4-9,12-13H,3,10-11H2,1-2H3,(H,22,23). The number of amides is 1. The number of carbonyl (C=O) groups excluding carboxylic acids is 1. The summed E-state index contributed by atoms with van der Waals surface area (Å²) in [5, 5.41) is 4.52. The van der Waals surface area contributed by atoms with Crippen LogP contribution in [-0.2, 0) is 4.74 Å². The Morgan fingerprint density at radius 3 is 2.67 bits per heavy atom. The molecule has 0 saturated carbocycles. The smallest absolute Gasteiger partial charge is 0.427 e. The molecular weight excluding hydrogens is 388 g/mol. The molecule has 0 spiro atoms. The molecule has 0 unspecified atom stereocenters. The van der Waals surface area contributed by atoms with Crippen molar-refractivity contribution in [3.05, 3.63) is 53.1 Å². The van der Waals surface area contributed by atoms with E-state index in [9.17, 15) is 4.79 Å². The Kier molecular flexibility index (Phi) is 8.80. The number of ether oxygens (including phenoxy) is 3. The number of benzene rings is 2. The van der Waals surface area contributed by atoms with E-state index in [0.29, 0.717) is 24.7 Å². The molecule has 2 rings (SSSR count). The molecule has 144 valence electrons. The predicted molar refractivity (Wildman–Crippen MR) is 108 cm³/mol. The van der Waals surface area contributed by atoms with Crippen LogP contribution in [0.5, 0.6) is 11.5 Å². The molecule has 1 N–H and O–H groups in total. The summed E-state index contributed by atoms with van der Waals surface area (Å²) in [6.07, 6.45) is 0.869. The fourth-order valence-corrected chi connectivity index (χ4v) is 2.90. The summed E-state index contributed by atoms with van der Waals surface area (Å²) < 4.78 is 15.9. The number of methoxy groups -OCH3 is 1. The Morgan fingerprint density at radius 1 is 1.19 bits per heavy atom. The van der Waals surface area contributed by atoms with Crippen molar-refractivity contribution < 1.29 is 19.0 Å². The van der Waals surface area contributed by atoms with Gasteiger partial charge in [-0.1, -0.05) is 11.6 Å². The van der Waals surface area contributed by atoms with Gasteiger partial charge in [0, 0.05) is 15.7 Å². The summed E-state index contributed by atoms with van der Waals surface area (Å²) in [5.74, 6) is 2.07. The summed E-state index contributed by atoms with van der Waals surface area (Å²) in [6.45, 7) is 2.95. The van der Waals surface area contributed by atoms with Gasteiger partial charge in [-0.2, -0.15) is 5.10 Å². The second-order valence-corrected chi connectivity index (χ2v) is 6.76. The maximum Gasteiger partial charge on any atom is 0.427 e. The molecular formula is C19H21ClN2O4S. The molecule has 0 aliphatic carbocycles. The van der Waals surface area contributed by atoms with Gasteiger partial charge in [0.2, 0.25) is 0 Å². The SMILES string of the molecule is CCOc1cc(C=NNC(=O)OC)ccc1OCCSc1ccc(Cl)cc1. The Balaban J connectivity index is 1.90. The zero-order valence-corrected chi connectivity index (χ0v) is 16.7. The Hall–Kier alpha value is -2.38. The molecule has 0 radical (unpaired) electrons. The van der Waals surface area contributed by atoms with Crippen molar-refractivity contribution in [2.75, 3.05) is 26.1 Å². The fraction of sp³-hybridized carbons (Fsp3) is 0.263. The normalized spacial score (nSPS) is 10.6. The van der Waals surface area contributed by atoms with E-state index in [2.05, 4.69) is 15.3 Å². The lowest BCUT2D eigenvalue weighted by atomic mass is 10.2. The highest BCUT2D eigenvalue weighted by Crippen LogP contribution is 2.28. The number of rotatable bonds is 9. The van der Waals surface area contributed by atoms with Gasteiger partial charge in [-0.15, -0.1) is 11.8 Å². The first-order chi connectivity index (χ1) is 13.1. The van der Waals surface area contributed by atoms with Crippen molar-refractivity contribution in [3.8, 4) is 11.5 Å². The summed E-state index contributed by atoms with van der Waals surface area (Å²) in [4.78, 5) is 12.1. The van der Waals surface area contributed by atoms with Crippen molar-refractivity contribution in [2.45, 2.75) is 11.8 Å². The average molecular weight is 409 g/mol. The first-order valence-electron chi connectivity index (χ1n) is 8.27. The Morgan fingerprint density at radius 2 is 1.96 bits per heavy atom. The van der Waals surface area contributed by atoms with E-state index in [1.807, 2.05) is 43.3 Å². The van der Waals surface area contributed by atoms with Crippen LogP contribution >= 0.6 is 23.4 Å². The van der Waals surface area contributed by atoms with Gasteiger partial charge in [0.05, 0.1) is 26.5 Å². The van der Waals surface area contributed by atoms with E-state index in [0.717, 1.165) is 21.2 Å².